The first kappa shape index (κ1) is 9.71. The number of primary amides is 1. The van der Waals surface area contributed by atoms with E-state index in [0.717, 1.165) is 0 Å². The Morgan fingerprint density at radius 3 is 2.64 bits per heavy atom. The summed E-state index contributed by atoms with van der Waals surface area (Å²) in [5.74, 6) is 0. The molecule has 2 N–H and O–H groups in total. The van der Waals surface area contributed by atoms with E-state index in [0.29, 0.717) is 0 Å². The fourth-order valence-corrected chi connectivity index (χ4v) is 0.608. The van der Waals surface area contributed by atoms with Crippen molar-refractivity contribution in [2.45, 2.75) is 0 Å². The number of halogens is 1. The molecule has 1 aromatic heterocycles. The van der Waals surface area contributed by atoms with Crippen molar-refractivity contribution in [1.82, 2.24) is 4.57 Å². The fraction of sp³-hybridized carbons (Fsp3) is 0. The summed E-state index contributed by atoms with van der Waals surface area (Å²) in [6.45, 7) is 3.50. The van der Waals surface area contributed by atoms with Gasteiger partial charge in [0.05, 0.1) is 6.20 Å². The Kier molecular flexibility index (Phi) is 3.33. The van der Waals surface area contributed by atoms with Crippen LogP contribution < -0.4 is 22.7 Å². The van der Waals surface area contributed by atoms with Crippen molar-refractivity contribution < 1.29 is 21.8 Å². The topological polar surface area (TPSA) is 51.9 Å². The van der Waals surface area contributed by atoms with Crippen LogP contribution in [0.4, 0.5) is 4.79 Å². The number of nitrogens with two attached hydrogens (primary N) is 1. The third-order valence-corrected chi connectivity index (χ3v) is 1.12. The third kappa shape index (κ3) is 2.09. The number of aromatic nitrogens is 2. The maximum Gasteiger partial charge on any atom is 0.410 e. The van der Waals surface area contributed by atoms with Crippen LogP contribution in [0.2, 0.25) is 0 Å². The number of imidazole rings is 1. The highest BCUT2D eigenvalue weighted by Gasteiger charge is 2.04. The van der Waals surface area contributed by atoms with Gasteiger partial charge in [-0.1, -0.05) is 6.58 Å². The number of amides is 1. The lowest BCUT2D eigenvalue weighted by molar-refractivity contribution is -0.566. The van der Waals surface area contributed by atoms with Gasteiger partial charge in [0.25, 0.3) is 6.33 Å². The molecule has 1 rings (SSSR count). The summed E-state index contributed by atoms with van der Waals surface area (Å²) in [5, 5.41) is 0. The summed E-state index contributed by atoms with van der Waals surface area (Å²) in [6.07, 6.45) is 6.34. The zero-order valence-corrected chi connectivity index (χ0v) is 6.53. The van der Waals surface area contributed by atoms with Crippen molar-refractivity contribution in [1.29, 1.82) is 0 Å². The minimum Gasteiger partial charge on any atom is -1.00 e. The van der Waals surface area contributed by atoms with E-state index in [-0.39, 0.29) is 12.4 Å². The number of nitrogens with zero attached hydrogens (tertiary/aromatic N) is 2. The van der Waals surface area contributed by atoms with E-state index in [1.54, 1.807) is 23.2 Å². The summed E-state index contributed by atoms with van der Waals surface area (Å²) < 4.78 is 2.90. The molecular formula is C6H8ClN3O. The molecule has 0 fully saturated rings. The van der Waals surface area contributed by atoms with Gasteiger partial charge in [0.15, 0.2) is 0 Å². The molecule has 1 heterocycles. The first-order valence-electron chi connectivity index (χ1n) is 2.75. The fourth-order valence-electron chi connectivity index (χ4n) is 0.608. The molecule has 5 heteroatoms. The first-order chi connectivity index (χ1) is 4.74. The Hall–Kier alpha value is -1.29. The van der Waals surface area contributed by atoms with E-state index in [1.165, 1.54) is 10.9 Å². The summed E-state index contributed by atoms with van der Waals surface area (Å²) in [5.41, 5.74) is 4.96. The Labute approximate surface area is 70.3 Å². The molecule has 11 heavy (non-hydrogen) atoms. The van der Waals surface area contributed by atoms with Crippen molar-refractivity contribution in [3.63, 3.8) is 0 Å². The molecule has 4 nitrogen and oxygen atoms in total. The number of hydrogen-bond acceptors (Lipinski definition) is 1. The van der Waals surface area contributed by atoms with Crippen LogP contribution >= 0.6 is 0 Å². The Morgan fingerprint density at radius 2 is 2.36 bits per heavy atom. The number of rotatable bonds is 1. The molecule has 0 aliphatic heterocycles. The summed E-state index contributed by atoms with van der Waals surface area (Å²) in [6, 6.07) is -0.499. The highest BCUT2D eigenvalue weighted by molar-refractivity contribution is 5.73. The van der Waals surface area contributed by atoms with Crippen LogP contribution in [0.3, 0.4) is 0 Å². The molecule has 60 valence electrons. The molecular weight excluding hydrogens is 166 g/mol. The van der Waals surface area contributed by atoms with Gasteiger partial charge in [-0.2, -0.15) is 4.57 Å². The summed E-state index contributed by atoms with van der Waals surface area (Å²) in [4.78, 5) is 10.5. The van der Waals surface area contributed by atoms with Gasteiger partial charge >= 0.3 is 6.03 Å². The first-order valence-corrected chi connectivity index (χ1v) is 2.75. The highest BCUT2D eigenvalue weighted by Crippen LogP contribution is 1.80. The van der Waals surface area contributed by atoms with Crippen molar-refractivity contribution in [2.24, 2.45) is 5.73 Å². The zero-order valence-electron chi connectivity index (χ0n) is 5.77. The van der Waals surface area contributed by atoms with Gasteiger partial charge in [-0.05, 0) is 0 Å². The zero-order chi connectivity index (χ0) is 7.56. The second-order valence-electron chi connectivity index (χ2n) is 1.79. The van der Waals surface area contributed by atoms with Crippen LogP contribution in [-0.2, 0) is 0 Å². The predicted molar refractivity (Wildman–Crippen MR) is 36.0 cm³/mol. The lowest BCUT2D eigenvalue weighted by atomic mass is 10.8. The van der Waals surface area contributed by atoms with Crippen LogP contribution in [-0.4, -0.2) is 10.6 Å². The van der Waals surface area contributed by atoms with Gasteiger partial charge in [0, 0.05) is 0 Å². The van der Waals surface area contributed by atoms with Crippen molar-refractivity contribution >= 4 is 12.2 Å². The second-order valence-corrected chi connectivity index (χ2v) is 1.79. The normalized spacial score (nSPS) is 8.36. The Balaban J connectivity index is 0.000001000. The van der Waals surface area contributed by atoms with Crippen LogP contribution in [0.5, 0.6) is 0 Å². The van der Waals surface area contributed by atoms with E-state index in [2.05, 4.69) is 6.58 Å². The van der Waals surface area contributed by atoms with Crippen LogP contribution in [0, 0.1) is 0 Å². The molecule has 0 spiro atoms. The Bertz CT molecular complexity index is 269. The molecule has 0 unspecified atom stereocenters. The highest BCUT2D eigenvalue weighted by atomic mass is 35.5. The van der Waals surface area contributed by atoms with Crippen molar-refractivity contribution in [3.8, 4) is 0 Å². The molecule has 0 aliphatic carbocycles. The average molecular weight is 174 g/mol. The summed E-state index contributed by atoms with van der Waals surface area (Å²) in [7, 11) is 0. The Morgan fingerprint density at radius 1 is 1.73 bits per heavy atom. The smallest absolute Gasteiger partial charge is 0.410 e. The van der Waals surface area contributed by atoms with Gasteiger partial charge < -0.3 is 18.1 Å². The van der Waals surface area contributed by atoms with E-state index >= 15 is 0 Å². The molecule has 0 bridgehead atoms. The van der Waals surface area contributed by atoms with Crippen LogP contribution in [0.1, 0.15) is 0 Å². The van der Waals surface area contributed by atoms with Gasteiger partial charge in [-0.15, -0.1) is 0 Å². The molecule has 0 saturated heterocycles. The molecule has 0 aliphatic rings. The van der Waals surface area contributed by atoms with Crippen LogP contribution in [0.25, 0.3) is 6.20 Å². The number of carbonyl (C=O) groups excluding carboxylic acids is 1. The predicted octanol–water partition coefficient (Wildman–Crippen LogP) is -3.19. The molecule has 1 aromatic rings. The van der Waals surface area contributed by atoms with Crippen molar-refractivity contribution in [2.75, 3.05) is 0 Å². The molecule has 0 radical (unpaired) electrons. The second kappa shape index (κ2) is 3.78. The monoisotopic (exact) mass is 173 g/mol. The molecule has 0 aromatic carbocycles. The third-order valence-electron chi connectivity index (χ3n) is 1.12. The number of carbonyl (C=O) groups is 1. The standard InChI is InChI=1S/C6H7N3O.ClH/c1-2-8-3-4-9(5-8)6(7)10;/h2-5H,1H2,(H-,7,10);1H. The van der Waals surface area contributed by atoms with E-state index in [1.807, 2.05) is 0 Å². The minimum absolute atomic E-state index is 0. The minimum atomic E-state index is -0.499. The average Bonchev–Trinajstić information content (AvgIpc) is 2.34. The SMILES string of the molecule is C=C[n+]1ccn(C(N)=O)c1.[Cl-]. The van der Waals surface area contributed by atoms with Gasteiger partial charge in [-0.3, -0.25) is 0 Å². The maximum atomic E-state index is 10.5. The molecule has 0 saturated carbocycles. The van der Waals surface area contributed by atoms with E-state index in [4.69, 9.17) is 5.73 Å². The largest absolute Gasteiger partial charge is 1.00 e. The van der Waals surface area contributed by atoms with Gasteiger partial charge in [-0.25, -0.2) is 9.36 Å². The van der Waals surface area contributed by atoms with Gasteiger partial charge in [0.1, 0.15) is 12.4 Å². The quantitative estimate of drug-likeness (QED) is 0.447. The lowest BCUT2D eigenvalue weighted by Crippen LogP contribution is -3.00. The van der Waals surface area contributed by atoms with Crippen molar-refractivity contribution in [3.05, 3.63) is 25.3 Å². The van der Waals surface area contributed by atoms with Crippen LogP contribution in [0.15, 0.2) is 25.3 Å². The molecule has 0 atom stereocenters. The van der Waals surface area contributed by atoms with Gasteiger partial charge in [0.2, 0.25) is 0 Å². The van der Waals surface area contributed by atoms with E-state index < -0.39 is 6.03 Å². The number of hydrogen-bond donors (Lipinski definition) is 1. The molecule has 1 amide bonds. The summed E-state index contributed by atoms with van der Waals surface area (Å²) >= 11 is 0. The van der Waals surface area contributed by atoms with E-state index in [9.17, 15) is 4.79 Å². The lowest BCUT2D eigenvalue weighted by Gasteiger charge is -1.80. The maximum absolute atomic E-state index is 10.5.